The maximum Gasteiger partial charge on any atom is 0.321 e. The monoisotopic (exact) mass is 387 g/mol. The van der Waals surface area contributed by atoms with Crippen molar-refractivity contribution in [3.05, 3.63) is 42.0 Å². The van der Waals surface area contributed by atoms with Crippen LogP contribution in [0, 0.1) is 13.8 Å². The maximum atomic E-state index is 12.3. The quantitative estimate of drug-likeness (QED) is 0.604. The molecule has 152 valence electrons. The number of aryl methyl sites for hydroxylation is 1. The molecule has 1 heterocycles. The number of benzene rings is 1. The zero-order valence-corrected chi connectivity index (χ0v) is 16.6. The summed E-state index contributed by atoms with van der Waals surface area (Å²) in [5.41, 5.74) is 3.06. The molecule has 1 fully saturated rings. The number of anilines is 1. The van der Waals surface area contributed by atoms with Crippen molar-refractivity contribution >= 4 is 23.5 Å². The minimum atomic E-state index is -0.522. The lowest BCUT2D eigenvalue weighted by atomic mass is 10.1. The van der Waals surface area contributed by atoms with Crippen LogP contribution in [0.3, 0.4) is 0 Å². The van der Waals surface area contributed by atoms with Crippen LogP contribution in [0.4, 0.5) is 10.5 Å². The van der Waals surface area contributed by atoms with Crippen LogP contribution < -0.4 is 16.0 Å². The molecule has 3 N–H and O–H groups in total. The van der Waals surface area contributed by atoms with Crippen LogP contribution in [0.5, 0.6) is 0 Å². The SMILES string of the molecule is C=CCNC(=O)NC(=O)CN1CCN(CC(=O)Nc2cccc(C)c2C)CC1. The van der Waals surface area contributed by atoms with E-state index in [-0.39, 0.29) is 18.4 Å². The van der Waals surface area contributed by atoms with Gasteiger partial charge in [-0.25, -0.2) is 4.79 Å². The van der Waals surface area contributed by atoms with E-state index in [9.17, 15) is 14.4 Å². The molecule has 0 aliphatic carbocycles. The Hall–Kier alpha value is -2.71. The molecule has 2 rings (SSSR count). The van der Waals surface area contributed by atoms with Gasteiger partial charge in [-0.1, -0.05) is 18.2 Å². The Morgan fingerprint density at radius 2 is 1.64 bits per heavy atom. The molecule has 0 radical (unpaired) electrons. The molecule has 28 heavy (non-hydrogen) atoms. The summed E-state index contributed by atoms with van der Waals surface area (Å²) in [6.07, 6.45) is 1.54. The van der Waals surface area contributed by atoms with Gasteiger partial charge in [-0.05, 0) is 31.0 Å². The fourth-order valence-corrected chi connectivity index (χ4v) is 2.96. The zero-order valence-electron chi connectivity index (χ0n) is 16.6. The number of hydrogen-bond acceptors (Lipinski definition) is 5. The number of nitrogens with one attached hydrogen (secondary N) is 3. The van der Waals surface area contributed by atoms with Crippen molar-refractivity contribution in [3.63, 3.8) is 0 Å². The van der Waals surface area contributed by atoms with Gasteiger partial charge >= 0.3 is 6.03 Å². The zero-order chi connectivity index (χ0) is 20.5. The molecule has 1 aromatic rings. The van der Waals surface area contributed by atoms with Crippen LogP contribution in [0.15, 0.2) is 30.9 Å². The molecular weight excluding hydrogens is 358 g/mol. The first-order valence-electron chi connectivity index (χ1n) is 9.38. The summed E-state index contributed by atoms with van der Waals surface area (Å²) in [6, 6.07) is 5.33. The molecule has 0 aromatic heterocycles. The normalized spacial score (nSPS) is 14.9. The molecule has 0 unspecified atom stereocenters. The summed E-state index contributed by atoms with van der Waals surface area (Å²) >= 11 is 0. The third-order valence-corrected chi connectivity index (χ3v) is 4.74. The smallest absolute Gasteiger partial charge is 0.321 e. The first-order chi connectivity index (χ1) is 13.4. The van der Waals surface area contributed by atoms with Crippen LogP contribution >= 0.6 is 0 Å². The van der Waals surface area contributed by atoms with Gasteiger partial charge in [-0.3, -0.25) is 24.7 Å². The number of piperazine rings is 1. The van der Waals surface area contributed by atoms with Crippen molar-refractivity contribution < 1.29 is 14.4 Å². The van der Waals surface area contributed by atoms with Gasteiger partial charge in [0.15, 0.2) is 0 Å². The second kappa shape index (κ2) is 10.6. The van der Waals surface area contributed by atoms with Gasteiger partial charge in [0.25, 0.3) is 0 Å². The van der Waals surface area contributed by atoms with E-state index in [0.717, 1.165) is 16.8 Å². The second-order valence-electron chi connectivity index (χ2n) is 6.89. The number of rotatable bonds is 7. The van der Waals surface area contributed by atoms with Crippen molar-refractivity contribution in [1.82, 2.24) is 20.4 Å². The predicted molar refractivity (Wildman–Crippen MR) is 109 cm³/mol. The van der Waals surface area contributed by atoms with Crippen molar-refractivity contribution in [1.29, 1.82) is 0 Å². The van der Waals surface area contributed by atoms with Crippen LogP contribution in [0.1, 0.15) is 11.1 Å². The molecule has 1 aliphatic rings. The topological polar surface area (TPSA) is 93.8 Å². The summed E-state index contributed by atoms with van der Waals surface area (Å²) in [5, 5.41) is 7.75. The number of amides is 4. The minimum Gasteiger partial charge on any atom is -0.334 e. The van der Waals surface area contributed by atoms with E-state index in [1.165, 1.54) is 0 Å². The summed E-state index contributed by atoms with van der Waals surface area (Å²) in [6.45, 7) is 11.0. The Morgan fingerprint density at radius 3 is 2.25 bits per heavy atom. The summed E-state index contributed by atoms with van der Waals surface area (Å²) in [7, 11) is 0. The predicted octanol–water partition coefficient (Wildman–Crippen LogP) is 0.871. The highest BCUT2D eigenvalue weighted by Crippen LogP contribution is 2.17. The first kappa shape index (κ1) is 21.6. The molecule has 1 saturated heterocycles. The average molecular weight is 387 g/mol. The molecular formula is C20H29N5O3. The molecule has 0 atom stereocenters. The lowest BCUT2D eigenvalue weighted by Crippen LogP contribution is -2.52. The molecule has 0 saturated carbocycles. The highest BCUT2D eigenvalue weighted by atomic mass is 16.2. The molecule has 8 nitrogen and oxygen atoms in total. The van der Waals surface area contributed by atoms with E-state index in [0.29, 0.717) is 39.3 Å². The molecule has 0 bridgehead atoms. The van der Waals surface area contributed by atoms with Gasteiger partial charge in [0.1, 0.15) is 0 Å². The lowest BCUT2D eigenvalue weighted by molar-refractivity contribution is -0.122. The van der Waals surface area contributed by atoms with Gasteiger partial charge in [0.05, 0.1) is 13.1 Å². The van der Waals surface area contributed by atoms with Crippen molar-refractivity contribution in [2.24, 2.45) is 0 Å². The second-order valence-corrected chi connectivity index (χ2v) is 6.89. The van der Waals surface area contributed by atoms with Gasteiger partial charge in [0.2, 0.25) is 11.8 Å². The Balaban J connectivity index is 1.71. The standard InChI is InChI=1S/C20H29N5O3/c1-4-8-21-20(28)23-19(27)14-25-11-9-24(10-12-25)13-18(26)22-17-7-5-6-15(2)16(17)3/h4-7H,1,8-14H2,2-3H3,(H,22,26)(H2,21,23,27,28). The Labute approximate surface area is 165 Å². The van der Waals surface area contributed by atoms with E-state index in [4.69, 9.17) is 0 Å². The maximum absolute atomic E-state index is 12.3. The molecule has 8 heteroatoms. The number of carbonyl (C=O) groups excluding carboxylic acids is 3. The van der Waals surface area contributed by atoms with E-state index in [1.54, 1.807) is 6.08 Å². The van der Waals surface area contributed by atoms with Gasteiger partial charge in [0, 0.05) is 38.4 Å². The largest absolute Gasteiger partial charge is 0.334 e. The number of urea groups is 1. The molecule has 4 amide bonds. The third-order valence-electron chi connectivity index (χ3n) is 4.74. The van der Waals surface area contributed by atoms with E-state index in [2.05, 4.69) is 27.4 Å². The first-order valence-corrected chi connectivity index (χ1v) is 9.38. The minimum absolute atomic E-state index is 0.0428. The number of carbonyl (C=O) groups is 3. The fraction of sp³-hybridized carbons (Fsp3) is 0.450. The van der Waals surface area contributed by atoms with Gasteiger partial charge in [-0.2, -0.15) is 0 Å². The van der Waals surface area contributed by atoms with Crippen molar-refractivity contribution in [2.75, 3.05) is 51.1 Å². The fourth-order valence-electron chi connectivity index (χ4n) is 2.96. The number of imide groups is 1. The van der Waals surface area contributed by atoms with Gasteiger partial charge in [-0.15, -0.1) is 6.58 Å². The number of hydrogen-bond donors (Lipinski definition) is 3. The summed E-state index contributed by atoms with van der Waals surface area (Å²) in [5.74, 6) is -0.388. The van der Waals surface area contributed by atoms with Crippen molar-refractivity contribution in [3.8, 4) is 0 Å². The average Bonchev–Trinajstić information content (AvgIpc) is 2.65. The third kappa shape index (κ3) is 6.79. The highest BCUT2D eigenvalue weighted by Gasteiger charge is 2.21. The highest BCUT2D eigenvalue weighted by molar-refractivity contribution is 5.95. The summed E-state index contributed by atoms with van der Waals surface area (Å²) in [4.78, 5) is 39.7. The van der Waals surface area contributed by atoms with E-state index >= 15 is 0 Å². The van der Waals surface area contributed by atoms with E-state index < -0.39 is 6.03 Å². The van der Waals surface area contributed by atoms with E-state index in [1.807, 2.05) is 36.9 Å². The van der Waals surface area contributed by atoms with Crippen LogP contribution in [0.2, 0.25) is 0 Å². The van der Waals surface area contributed by atoms with Crippen LogP contribution in [0.25, 0.3) is 0 Å². The van der Waals surface area contributed by atoms with Crippen LogP contribution in [-0.4, -0.2) is 73.5 Å². The molecule has 1 aliphatic heterocycles. The summed E-state index contributed by atoms with van der Waals surface area (Å²) < 4.78 is 0. The van der Waals surface area contributed by atoms with Crippen LogP contribution in [-0.2, 0) is 9.59 Å². The molecule has 1 aromatic carbocycles. The molecule has 0 spiro atoms. The van der Waals surface area contributed by atoms with Crippen molar-refractivity contribution in [2.45, 2.75) is 13.8 Å². The Bertz CT molecular complexity index is 727. The Morgan fingerprint density at radius 1 is 1.04 bits per heavy atom. The number of nitrogens with zero attached hydrogens (tertiary/aromatic N) is 2. The lowest BCUT2D eigenvalue weighted by Gasteiger charge is -2.33. The van der Waals surface area contributed by atoms with Gasteiger partial charge < -0.3 is 10.6 Å². The Kier molecular flexibility index (Phi) is 8.16.